The van der Waals surface area contributed by atoms with E-state index in [0.29, 0.717) is 37.5 Å². The van der Waals surface area contributed by atoms with Crippen LogP contribution in [0, 0.1) is 5.92 Å². The average Bonchev–Trinajstić information content (AvgIpc) is 3.05. The molecule has 0 radical (unpaired) electrons. The quantitative estimate of drug-likeness (QED) is 0.701. The van der Waals surface area contributed by atoms with Crippen molar-refractivity contribution in [1.82, 2.24) is 19.8 Å². The predicted octanol–water partition coefficient (Wildman–Crippen LogP) is 3.28. The van der Waals surface area contributed by atoms with E-state index in [1.54, 1.807) is 4.90 Å². The lowest BCUT2D eigenvalue weighted by atomic mass is 9.96. The van der Waals surface area contributed by atoms with E-state index in [4.69, 9.17) is 11.6 Å². The number of benzene rings is 2. The Labute approximate surface area is 174 Å². The Hall–Kier alpha value is -2.86. The van der Waals surface area contributed by atoms with E-state index in [9.17, 15) is 9.59 Å². The number of para-hydroxylation sites is 2. The number of nitrogens with one attached hydrogen (secondary N) is 1. The first kappa shape index (κ1) is 19.5. The fourth-order valence-electron chi connectivity index (χ4n) is 3.76. The third kappa shape index (κ3) is 4.27. The third-order valence-corrected chi connectivity index (χ3v) is 5.71. The first-order valence-electron chi connectivity index (χ1n) is 9.71. The molecular weight excluding hydrogens is 388 g/mol. The number of likely N-dealkylation sites (tertiary alicyclic amines) is 1. The third-order valence-electron chi connectivity index (χ3n) is 5.46. The monoisotopic (exact) mass is 410 g/mol. The second-order valence-electron chi connectivity index (χ2n) is 7.43. The molecule has 1 aliphatic heterocycles. The van der Waals surface area contributed by atoms with E-state index in [-0.39, 0.29) is 17.7 Å². The van der Waals surface area contributed by atoms with Crippen LogP contribution in [0.5, 0.6) is 0 Å². The summed E-state index contributed by atoms with van der Waals surface area (Å²) in [5, 5.41) is 3.66. The van der Waals surface area contributed by atoms with E-state index >= 15 is 0 Å². The molecule has 2 amide bonds. The van der Waals surface area contributed by atoms with Gasteiger partial charge >= 0.3 is 0 Å². The number of hydrogen-bond acceptors (Lipinski definition) is 3. The highest BCUT2D eigenvalue weighted by atomic mass is 35.5. The van der Waals surface area contributed by atoms with Crippen LogP contribution in [-0.4, -0.2) is 32.8 Å². The maximum Gasteiger partial charge on any atom is 0.225 e. The van der Waals surface area contributed by atoms with E-state index in [1.807, 2.05) is 60.1 Å². The maximum atomic E-state index is 12.7. The topological polar surface area (TPSA) is 67.2 Å². The number of imidazole rings is 1. The summed E-state index contributed by atoms with van der Waals surface area (Å²) in [6.07, 6.45) is 0.961. The smallest absolute Gasteiger partial charge is 0.225 e. The average molecular weight is 411 g/mol. The molecule has 0 unspecified atom stereocenters. The zero-order valence-electron chi connectivity index (χ0n) is 16.3. The minimum atomic E-state index is -0.213. The van der Waals surface area contributed by atoms with Crippen molar-refractivity contribution in [2.75, 3.05) is 6.54 Å². The number of rotatable bonds is 5. The Bertz CT molecular complexity index is 1040. The van der Waals surface area contributed by atoms with Gasteiger partial charge in [0, 0.05) is 31.6 Å². The number of aromatic nitrogens is 2. The number of piperidine rings is 1. The zero-order chi connectivity index (χ0) is 20.4. The van der Waals surface area contributed by atoms with E-state index in [2.05, 4.69) is 10.3 Å². The van der Waals surface area contributed by atoms with Crippen molar-refractivity contribution >= 4 is 34.4 Å². The summed E-state index contributed by atoms with van der Waals surface area (Å²) in [5.74, 6) is 0.643. The summed E-state index contributed by atoms with van der Waals surface area (Å²) < 4.78 is 1.99. The van der Waals surface area contributed by atoms with Gasteiger partial charge in [-0.25, -0.2) is 4.98 Å². The lowest BCUT2D eigenvalue weighted by molar-refractivity contribution is -0.139. The minimum Gasteiger partial charge on any atom is -0.349 e. The standard InChI is InChI=1S/C22H23ClN4O2/c1-26-19-5-3-2-4-18(19)25-20(26)12-24-22(29)16-8-11-21(28)27(14-16)13-15-6-9-17(23)10-7-15/h2-7,9-10,16H,8,11-14H2,1H3,(H,24,29)/t16-/m1/s1. The van der Waals surface area contributed by atoms with Gasteiger partial charge in [-0.05, 0) is 36.2 Å². The summed E-state index contributed by atoms with van der Waals surface area (Å²) in [6.45, 7) is 1.28. The number of hydrogen-bond donors (Lipinski definition) is 1. The molecule has 150 valence electrons. The summed E-state index contributed by atoms with van der Waals surface area (Å²) >= 11 is 5.93. The van der Waals surface area contributed by atoms with Gasteiger partial charge in [-0.2, -0.15) is 0 Å². The highest BCUT2D eigenvalue weighted by Crippen LogP contribution is 2.21. The van der Waals surface area contributed by atoms with Crippen LogP contribution < -0.4 is 5.32 Å². The number of carbonyl (C=O) groups excluding carboxylic acids is 2. The first-order valence-corrected chi connectivity index (χ1v) is 10.1. The molecule has 7 heteroatoms. The summed E-state index contributed by atoms with van der Waals surface area (Å²) in [4.78, 5) is 31.4. The molecule has 2 aromatic carbocycles. The molecule has 4 rings (SSSR count). The van der Waals surface area contributed by atoms with Gasteiger partial charge in [0.05, 0.1) is 23.5 Å². The molecule has 0 bridgehead atoms. The van der Waals surface area contributed by atoms with Gasteiger partial charge in [-0.3, -0.25) is 9.59 Å². The van der Waals surface area contributed by atoms with Crippen LogP contribution in [0.25, 0.3) is 11.0 Å². The molecule has 0 spiro atoms. The fraction of sp³-hybridized carbons (Fsp3) is 0.318. The van der Waals surface area contributed by atoms with Crippen molar-refractivity contribution in [2.24, 2.45) is 13.0 Å². The van der Waals surface area contributed by atoms with Gasteiger partial charge < -0.3 is 14.8 Å². The van der Waals surface area contributed by atoms with E-state index in [1.165, 1.54) is 0 Å². The Morgan fingerprint density at radius 3 is 2.72 bits per heavy atom. The second-order valence-corrected chi connectivity index (χ2v) is 7.87. The number of aryl methyl sites for hydroxylation is 1. The minimum absolute atomic E-state index is 0.0364. The van der Waals surface area contributed by atoms with Gasteiger partial charge in [0.25, 0.3) is 0 Å². The Morgan fingerprint density at radius 1 is 1.21 bits per heavy atom. The molecule has 6 nitrogen and oxygen atoms in total. The van der Waals surface area contributed by atoms with Gasteiger partial charge in [0.15, 0.2) is 0 Å². The zero-order valence-corrected chi connectivity index (χ0v) is 17.0. The van der Waals surface area contributed by atoms with Crippen LogP contribution in [0.3, 0.4) is 0 Å². The Morgan fingerprint density at radius 2 is 1.97 bits per heavy atom. The largest absolute Gasteiger partial charge is 0.349 e. The van der Waals surface area contributed by atoms with Crippen molar-refractivity contribution in [3.63, 3.8) is 0 Å². The lowest BCUT2D eigenvalue weighted by Crippen LogP contribution is -2.45. The molecule has 29 heavy (non-hydrogen) atoms. The normalized spacial score (nSPS) is 17.0. The van der Waals surface area contributed by atoms with Crippen LogP contribution in [-0.2, 0) is 29.7 Å². The van der Waals surface area contributed by atoms with E-state index in [0.717, 1.165) is 22.4 Å². The van der Waals surface area contributed by atoms with Crippen molar-refractivity contribution in [2.45, 2.75) is 25.9 Å². The van der Waals surface area contributed by atoms with Crippen LogP contribution in [0.1, 0.15) is 24.2 Å². The summed E-state index contributed by atoms with van der Waals surface area (Å²) in [6, 6.07) is 15.3. The highest BCUT2D eigenvalue weighted by Gasteiger charge is 2.30. The molecule has 3 aromatic rings. The Kier molecular flexibility index (Phi) is 5.53. The number of nitrogens with zero attached hydrogens (tertiary/aromatic N) is 3. The van der Waals surface area contributed by atoms with Crippen molar-refractivity contribution < 1.29 is 9.59 Å². The second kappa shape index (κ2) is 8.25. The fourth-order valence-corrected chi connectivity index (χ4v) is 3.88. The molecule has 1 aliphatic rings. The van der Waals surface area contributed by atoms with Crippen LogP contribution >= 0.6 is 11.6 Å². The van der Waals surface area contributed by atoms with E-state index < -0.39 is 0 Å². The maximum absolute atomic E-state index is 12.7. The SMILES string of the molecule is Cn1c(CNC(=O)[C@@H]2CCC(=O)N(Cc3ccc(Cl)cc3)C2)nc2ccccc21. The lowest BCUT2D eigenvalue weighted by Gasteiger charge is -2.32. The van der Waals surface area contributed by atoms with Crippen LogP contribution in [0.2, 0.25) is 5.02 Å². The molecule has 1 atom stereocenters. The van der Waals surface area contributed by atoms with Crippen molar-refractivity contribution in [3.8, 4) is 0 Å². The molecular formula is C22H23ClN4O2. The number of amides is 2. The molecule has 1 fully saturated rings. The van der Waals surface area contributed by atoms with Crippen molar-refractivity contribution in [1.29, 1.82) is 0 Å². The van der Waals surface area contributed by atoms with Gasteiger partial charge in [0.2, 0.25) is 11.8 Å². The van der Waals surface area contributed by atoms with Crippen LogP contribution in [0.4, 0.5) is 0 Å². The first-order chi connectivity index (χ1) is 14.0. The Balaban J connectivity index is 1.38. The van der Waals surface area contributed by atoms with Gasteiger partial charge in [-0.15, -0.1) is 0 Å². The molecule has 1 N–H and O–H groups in total. The number of halogens is 1. The summed E-state index contributed by atoms with van der Waals surface area (Å²) in [7, 11) is 1.95. The van der Waals surface area contributed by atoms with Gasteiger partial charge in [0.1, 0.15) is 5.82 Å². The summed E-state index contributed by atoms with van der Waals surface area (Å²) in [5.41, 5.74) is 2.95. The molecule has 0 aliphatic carbocycles. The number of carbonyl (C=O) groups is 2. The number of fused-ring (bicyclic) bond motifs is 1. The molecule has 1 saturated heterocycles. The van der Waals surface area contributed by atoms with Gasteiger partial charge in [-0.1, -0.05) is 35.9 Å². The van der Waals surface area contributed by atoms with Crippen molar-refractivity contribution in [3.05, 3.63) is 64.9 Å². The molecule has 2 heterocycles. The molecule has 1 aromatic heterocycles. The predicted molar refractivity (Wildman–Crippen MR) is 112 cm³/mol. The molecule has 0 saturated carbocycles. The highest BCUT2D eigenvalue weighted by molar-refractivity contribution is 6.30. The van der Waals surface area contributed by atoms with Crippen LogP contribution in [0.15, 0.2) is 48.5 Å².